The lowest BCUT2D eigenvalue weighted by molar-refractivity contribution is 0.0488. The van der Waals surface area contributed by atoms with Gasteiger partial charge in [0.2, 0.25) is 0 Å². The van der Waals surface area contributed by atoms with Crippen molar-refractivity contribution in [3.05, 3.63) is 30.0 Å². The van der Waals surface area contributed by atoms with Gasteiger partial charge in [-0.3, -0.25) is 9.69 Å². The first kappa shape index (κ1) is 20.0. The van der Waals surface area contributed by atoms with E-state index in [4.69, 9.17) is 9.15 Å². The van der Waals surface area contributed by atoms with Crippen LogP contribution in [0.1, 0.15) is 55.5 Å². The Morgan fingerprint density at radius 2 is 2.10 bits per heavy atom. The summed E-state index contributed by atoms with van der Waals surface area (Å²) in [6.07, 6.45) is 4.86. The number of rotatable bonds is 7. The molecule has 0 unspecified atom stereocenters. The van der Waals surface area contributed by atoms with Gasteiger partial charge in [-0.05, 0) is 47.7 Å². The van der Waals surface area contributed by atoms with Crippen molar-refractivity contribution < 1.29 is 13.9 Å². The molecule has 2 aromatic heterocycles. The van der Waals surface area contributed by atoms with Crippen LogP contribution in [0.2, 0.25) is 0 Å². The van der Waals surface area contributed by atoms with Gasteiger partial charge in [0, 0.05) is 32.8 Å². The Morgan fingerprint density at radius 1 is 1.28 bits per heavy atom. The predicted molar refractivity (Wildman–Crippen MR) is 105 cm³/mol. The van der Waals surface area contributed by atoms with Crippen LogP contribution in [0.25, 0.3) is 0 Å². The zero-order valence-corrected chi connectivity index (χ0v) is 17.2. The first-order chi connectivity index (χ1) is 14.1. The fourth-order valence-corrected chi connectivity index (χ4v) is 4.22. The molecule has 0 radical (unpaired) electrons. The van der Waals surface area contributed by atoms with E-state index in [1.165, 1.54) is 6.26 Å². The number of nitrogens with zero attached hydrogens (tertiary/aromatic N) is 6. The Labute approximate surface area is 171 Å². The van der Waals surface area contributed by atoms with Crippen LogP contribution in [0.15, 0.2) is 22.8 Å². The first-order valence-electron chi connectivity index (χ1n) is 10.6. The average molecular weight is 402 g/mol. The predicted octanol–water partition coefficient (Wildman–Crippen LogP) is 1.99. The van der Waals surface area contributed by atoms with Crippen molar-refractivity contribution in [3.63, 3.8) is 0 Å². The molecule has 1 amide bonds. The van der Waals surface area contributed by atoms with Crippen molar-refractivity contribution in [2.45, 2.75) is 51.8 Å². The van der Waals surface area contributed by atoms with Gasteiger partial charge < -0.3 is 14.1 Å². The standard InChI is InChI=1S/C20H30N6O3/c1-15(2)13-17(19-21-22-23-26(19)14-16-5-3-11-28-16)24-7-9-25(10-8-24)20(27)18-6-4-12-29-18/h4,6,12,15-17H,3,5,7-11,13-14H2,1-2H3/t16-,17+/m1/s1. The largest absolute Gasteiger partial charge is 0.459 e. The Balaban J connectivity index is 1.44. The van der Waals surface area contributed by atoms with Gasteiger partial charge in [-0.15, -0.1) is 5.10 Å². The minimum Gasteiger partial charge on any atom is -0.459 e. The number of tetrazole rings is 1. The van der Waals surface area contributed by atoms with Crippen molar-refractivity contribution in [2.24, 2.45) is 5.92 Å². The summed E-state index contributed by atoms with van der Waals surface area (Å²) in [5, 5.41) is 12.6. The second kappa shape index (κ2) is 9.04. The molecule has 4 rings (SSSR count). The third-order valence-electron chi connectivity index (χ3n) is 5.73. The van der Waals surface area contributed by atoms with Crippen molar-refractivity contribution >= 4 is 5.91 Å². The average Bonchev–Trinajstić information content (AvgIpc) is 3.49. The van der Waals surface area contributed by atoms with E-state index < -0.39 is 0 Å². The summed E-state index contributed by atoms with van der Waals surface area (Å²) < 4.78 is 13.0. The number of aromatic nitrogens is 4. The number of ether oxygens (including phenoxy) is 1. The normalized spacial score (nSPS) is 21.8. The number of furan rings is 1. The summed E-state index contributed by atoms with van der Waals surface area (Å²) in [6.45, 7) is 8.88. The minimum absolute atomic E-state index is 0.0433. The molecule has 2 saturated heterocycles. The monoisotopic (exact) mass is 402 g/mol. The Morgan fingerprint density at radius 3 is 2.76 bits per heavy atom. The second-order valence-electron chi connectivity index (χ2n) is 8.31. The fourth-order valence-electron chi connectivity index (χ4n) is 4.22. The molecule has 0 aliphatic carbocycles. The molecular formula is C20H30N6O3. The summed E-state index contributed by atoms with van der Waals surface area (Å²) in [7, 11) is 0. The Hall–Kier alpha value is -2.26. The van der Waals surface area contributed by atoms with Crippen LogP contribution in [0.3, 0.4) is 0 Å². The number of hydrogen-bond donors (Lipinski definition) is 0. The Bertz CT molecular complexity index is 776. The van der Waals surface area contributed by atoms with Crippen molar-refractivity contribution in [1.82, 2.24) is 30.0 Å². The fraction of sp³-hybridized carbons (Fsp3) is 0.700. The molecule has 2 atom stereocenters. The van der Waals surface area contributed by atoms with E-state index in [1.807, 2.05) is 9.58 Å². The van der Waals surface area contributed by atoms with E-state index >= 15 is 0 Å². The summed E-state index contributed by atoms with van der Waals surface area (Å²) >= 11 is 0. The highest BCUT2D eigenvalue weighted by Crippen LogP contribution is 2.28. The molecular weight excluding hydrogens is 372 g/mol. The summed E-state index contributed by atoms with van der Waals surface area (Å²) in [4.78, 5) is 16.8. The van der Waals surface area contributed by atoms with Gasteiger partial charge in [0.15, 0.2) is 11.6 Å². The minimum atomic E-state index is -0.0433. The maximum atomic E-state index is 12.6. The molecule has 9 heteroatoms. The molecule has 0 N–H and O–H groups in total. The zero-order chi connectivity index (χ0) is 20.2. The topological polar surface area (TPSA) is 89.5 Å². The van der Waals surface area contributed by atoms with E-state index in [2.05, 4.69) is 34.3 Å². The summed E-state index contributed by atoms with van der Waals surface area (Å²) in [5.41, 5.74) is 0. The van der Waals surface area contributed by atoms with Crippen LogP contribution in [0.5, 0.6) is 0 Å². The molecule has 9 nitrogen and oxygen atoms in total. The van der Waals surface area contributed by atoms with Gasteiger partial charge in [0.1, 0.15) is 0 Å². The van der Waals surface area contributed by atoms with Gasteiger partial charge in [0.05, 0.1) is 25.0 Å². The van der Waals surface area contributed by atoms with E-state index in [9.17, 15) is 4.79 Å². The smallest absolute Gasteiger partial charge is 0.289 e. The lowest BCUT2D eigenvalue weighted by atomic mass is 10.0. The van der Waals surface area contributed by atoms with E-state index in [1.54, 1.807) is 12.1 Å². The van der Waals surface area contributed by atoms with Gasteiger partial charge in [0.25, 0.3) is 5.91 Å². The zero-order valence-electron chi connectivity index (χ0n) is 17.2. The van der Waals surface area contributed by atoms with Gasteiger partial charge >= 0.3 is 0 Å². The molecule has 0 aromatic carbocycles. The summed E-state index contributed by atoms with van der Waals surface area (Å²) in [6, 6.07) is 3.60. The van der Waals surface area contributed by atoms with Crippen LogP contribution < -0.4 is 0 Å². The van der Waals surface area contributed by atoms with Gasteiger partial charge in [-0.2, -0.15) is 0 Å². The maximum Gasteiger partial charge on any atom is 0.289 e. The molecule has 2 aromatic rings. The number of hydrogen-bond acceptors (Lipinski definition) is 7. The van der Waals surface area contributed by atoms with Crippen molar-refractivity contribution in [2.75, 3.05) is 32.8 Å². The van der Waals surface area contributed by atoms with E-state index in [-0.39, 0.29) is 18.1 Å². The molecule has 0 bridgehead atoms. The lowest BCUT2D eigenvalue weighted by Gasteiger charge is -2.39. The van der Waals surface area contributed by atoms with E-state index in [0.29, 0.717) is 31.3 Å². The number of carbonyl (C=O) groups excluding carboxylic acids is 1. The van der Waals surface area contributed by atoms with Crippen molar-refractivity contribution in [3.8, 4) is 0 Å². The highest BCUT2D eigenvalue weighted by molar-refractivity contribution is 5.91. The number of amides is 1. The molecule has 158 valence electrons. The SMILES string of the molecule is CC(C)C[C@@H](c1nnnn1C[C@H]1CCCO1)N1CCN(C(=O)c2ccco2)CC1. The first-order valence-corrected chi connectivity index (χ1v) is 10.6. The molecule has 0 spiro atoms. The molecule has 29 heavy (non-hydrogen) atoms. The maximum absolute atomic E-state index is 12.6. The summed E-state index contributed by atoms with van der Waals surface area (Å²) in [5.74, 6) is 1.77. The van der Waals surface area contributed by atoms with Crippen molar-refractivity contribution in [1.29, 1.82) is 0 Å². The lowest BCUT2D eigenvalue weighted by Crippen LogP contribution is -2.50. The quantitative estimate of drug-likeness (QED) is 0.700. The van der Waals surface area contributed by atoms with Crippen LogP contribution >= 0.6 is 0 Å². The number of carbonyl (C=O) groups is 1. The molecule has 2 aliphatic heterocycles. The number of piperazine rings is 1. The molecule has 2 fully saturated rings. The van der Waals surface area contributed by atoms with Crippen LogP contribution in [-0.2, 0) is 11.3 Å². The third-order valence-corrected chi connectivity index (χ3v) is 5.73. The third kappa shape index (κ3) is 4.67. The molecule has 4 heterocycles. The van der Waals surface area contributed by atoms with Crippen LogP contribution in [0, 0.1) is 5.92 Å². The van der Waals surface area contributed by atoms with Gasteiger partial charge in [-0.25, -0.2) is 4.68 Å². The van der Waals surface area contributed by atoms with E-state index in [0.717, 1.165) is 44.8 Å². The second-order valence-corrected chi connectivity index (χ2v) is 8.31. The highest BCUT2D eigenvalue weighted by atomic mass is 16.5. The molecule has 0 saturated carbocycles. The Kier molecular flexibility index (Phi) is 6.25. The van der Waals surface area contributed by atoms with Gasteiger partial charge in [-0.1, -0.05) is 13.8 Å². The van der Waals surface area contributed by atoms with Crippen LogP contribution in [0.4, 0.5) is 0 Å². The molecule has 2 aliphatic rings. The van der Waals surface area contributed by atoms with Crippen LogP contribution in [-0.4, -0.2) is 74.8 Å². The highest BCUT2D eigenvalue weighted by Gasteiger charge is 2.32.